The third-order valence-electron chi connectivity index (χ3n) is 4.47. The average Bonchev–Trinajstić information content (AvgIpc) is 2.80. The van der Waals surface area contributed by atoms with Crippen molar-refractivity contribution < 1.29 is 26.4 Å². The van der Waals surface area contributed by atoms with E-state index in [1.54, 1.807) is 24.3 Å². The van der Waals surface area contributed by atoms with E-state index in [0.29, 0.717) is 16.7 Å². The first-order valence-electron chi connectivity index (χ1n) is 9.33. The van der Waals surface area contributed by atoms with Gasteiger partial charge in [-0.2, -0.15) is 13.2 Å². The van der Waals surface area contributed by atoms with Crippen LogP contribution in [-0.2, 0) is 10.0 Å². The molecule has 0 fully saturated rings. The number of para-hydroxylation sites is 1. The number of benzene rings is 3. The highest BCUT2D eigenvalue weighted by Crippen LogP contribution is 2.19. The molecule has 4 aromatic rings. The fourth-order valence-corrected chi connectivity index (χ4v) is 3.92. The number of hydrogen-bond donors (Lipinski definition) is 2. The van der Waals surface area contributed by atoms with Crippen LogP contribution in [0.15, 0.2) is 87.2 Å². The predicted octanol–water partition coefficient (Wildman–Crippen LogP) is 4.41. The van der Waals surface area contributed by atoms with E-state index < -0.39 is 27.6 Å². The van der Waals surface area contributed by atoms with Crippen LogP contribution in [0.5, 0.6) is 0 Å². The number of hydrogen-bond acceptors (Lipinski definition) is 5. The first-order chi connectivity index (χ1) is 15.7. The molecule has 168 valence electrons. The Hall–Kier alpha value is -3.76. The van der Waals surface area contributed by atoms with Crippen molar-refractivity contribution in [2.45, 2.75) is 4.90 Å². The van der Waals surface area contributed by atoms with Gasteiger partial charge in [-0.05, 0) is 54.6 Å². The van der Waals surface area contributed by atoms with E-state index in [4.69, 9.17) is 16.0 Å². The van der Waals surface area contributed by atoms with Crippen LogP contribution in [0, 0.1) is 11.6 Å². The quantitative estimate of drug-likeness (QED) is 0.405. The van der Waals surface area contributed by atoms with Crippen LogP contribution in [0.25, 0.3) is 11.0 Å². The van der Waals surface area contributed by atoms with Crippen molar-refractivity contribution >= 4 is 44.2 Å². The molecule has 1 heterocycles. The van der Waals surface area contributed by atoms with E-state index in [2.05, 4.69) is 10.4 Å². The van der Waals surface area contributed by atoms with Gasteiger partial charge in [0.1, 0.15) is 22.8 Å². The van der Waals surface area contributed by atoms with Crippen molar-refractivity contribution in [3.8, 4) is 0 Å². The second kappa shape index (κ2) is 9.00. The Morgan fingerprint density at radius 1 is 0.970 bits per heavy atom. The topological polar surface area (TPSA) is 101 Å². The average molecular weight is 490 g/mol. The van der Waals surface area contributed by atoms with Crippen LogP contribution >= 0.6 is 11.6 Å². The fourth-order valence-electron chi connectivity index (χ4n) is 2.84. The number of sulfonamides is 1. The van der Waals surface area contributed by atoms with Crippen LogP contribution in [0.4, 0.5) is 14.5 Å². The standard InChI is InChI=1S/C22H14ClF2N3O4S/c23-18-12-16(9-10-19(18)25)33(30,31)28-27-22-17(11-13-3-1-2-4-20(13)32-22)21(29)26-15-7-5-14(24)6-8-15/h1-12,28H,(H,26,29)/b27-22+. The van der Waals surface area contributed by atoms with E-state index in [9.17, 15) is 22.0 Å². The Kier molecular flexibility index (Phi) is 6.12. The molecule has 0 unspecified atom stereocenters. The lowest BCUT2D eigenvalue weighted by Crippen LogP contribution is -2.27. The lowest BCUT2D eigenvalue weighted by molar-refractivity contribution is 0.102. The zero-order chi connectivity index (χ0) is 23.6. The zero-order valence-corrected chi connectivity index (χ0v) is 18.1. The van der Waals surface area contributed by atoms with Crippen molar-refractivity contribution in [3.63, 3.8) is 0 Å². The molecule has 7 nitrogen and oxygen atoms in total. The third-order valence-corrected chi connectivity index (χ3v) is 5.97. The number of fused-ring (bicyclic) bond motifs is 1. The van der Waals surface area contributed by atoms with Crippen molar-refractivity contribution in [2.24, 2.45) is 5.10 Å². The van der Waals surface area contributed by atoms with Gasteiger partial charge in [0.05, 0.1) is 9.92 Å². The highest BCUT2D eigenvalue weighted by Gasteiger charge is 2.17. The lowest BCUT2D eigenvalue weighted by atomic mass is 10.1. The normalized spacial score (nSPS) is 12.0. The molecular weight excluding hydrogens is 476 g/mol. The van der Waals surface area contributed by atoms with Crippen LogP contribution in [-0.4, -0.2) is 14.3 Å². The molecule has 2 N–H and O–H groups in total. The number of amides is 1. The molecule has 0 radical (unpaired) electrons. The molecular formula is C22H14ClF2N3O4S. The molecule has 0 saturated heterocycles. The van der Waals surface area contributed by atoms with Crippen LogP contribution in [0.2, 0.25) is 5.02 Å². The molecule has 3 aromatic carbocycles. The summed E-state index contributed by atoms with van der Waals surface area (Å²) in [5, 5.41) is 6.52. The Balaban J connectivity index is 1.75. The summed E-state index contributed by atoms with van der Waals surface area (Å²) >= 11 is 5.66. The minimum absolute atomic E-state index is 0.0853. The smallest absolute Gasteiger partial charge is 0.276 e. The number of carbonyl (C=O) groups excluding carboxylic acids is 1. The van der Waals surface area contributed by atoms with Crippen molar-refractivity contribution in [3.05, 3.63) is 101 Å². The molecule has 0 aliphatic heterocycles. The molecule has 0 aliphatic carbocycles. The van der Waals surface area contributed by atoms with E-state index >= 15 is 0 Å². The summed E-state index contributed by atoms with van der Waals surface area (Å²) in [7, 11) is -4.26. The lowest BCUT2D eigenvalue weighted by Gasteiger charge is -2.08. The molecule has 0 atom stereocenters. The van der Waals surface area contributed by atoms with Crippen LogP contribution in [0.3, 0.4) is 0 Å². The van der Waals surface area contributed by atoms with Crippen molar-refractivity contribution in [1.29, 1.82) is 0 Å². The van der Waals surface area contributed by atoms with Gasteiger partial charge in [-0.25, -0.2) is 8.78 Å². The predicted molar refractivity (Wildman–Crippen MR) is 118 cm³/mol. The fraction of sp³-hybridized carbons (Fsp3) is 0. The number of anilines is 1. The maximum Gasteiger partial charge on any atom is 0.276 e. The summed E-state index contributed by atoms with van der Waals surface area (Å²) in [6.07, 6.45) is 0. The summed E-state index contributed by atoms with van der Waals surface area (Å²) in [6, 6.07) is 16.1. The summed E-state index contributed by atoms with van der Waals surface area (Å²) in [5.41, 5.74) is 0.239. The maximum absolute atomic E-state index is 13.4. The van der Waals surface area contributed by atoms with Crippen molar-refractivity contribution in [1.82, 2.24) is 4.83 Å². The van der Waals surface area contributed by atoms with Gasteiger partial charge in [0.15, 0.2) is 0 Å². The molecule has 0 aliphatic rings. The number of carbonyl (C=O) groups is 1. The summed E-state index contributed by atoms with van der Waals surface area (Å²) < 4.78 is 57.3. The molecule has 11 heteroatoms. The molecule has 1 aromatic heterocycles. The Morgan fingerprint density at radius 3 is 2.42 bits per heavy atom. The van der Waals surface area contributed by atoms with Gasteiger partial charge < -0.3 is 9.73 Å². The second-order valence-electron chi connectivity index (χ2n) is 6.75. The molecule has 0 saturated carbocycles. The van der Waals surface area contributed by atoms with Crippen LogP contribution in [0.1, 0.15) is 10.4 Å². The van der Waals surface area contributed by atoms with Gasteiger partial charge in [-0.3, -0.25) is 4.79 Å². The minimum Gasteiger partial charge on any atom is -0.436 e. The zero-order valence-electron chi connectivity index (χ0n) is 16.6. The van der Waals surface area contributed by atoms with E-state index in [-0.39, 0.29) is 21.0 Å². The molecule has 0 bridgehead atoms. The highest BCUT2D eigenvalue weighted by molar-refractivity contribution is 7.89. The summed E-state index contributed by atoms with van der Waals surface area (Å²) in [4.78, 5) is 14.5. The van der Waals surface area contributed by atoms with E-state index in [0.717, 1.165) is 18.2 Å². The Morgan fingerprint density at radius 2 is 1.70 bits per heavy atom. The first kappa shape index (κ1) is 22.4. The monoisotopic (exact) mass is 489 g/mol. The van der Waals surface area contributed by atoms with Crippen LogP contribution < -0.4 is 15.7 Å². The minimum atomic E-state index is -4.26. The number of rotatable bonds is 5. The van der Waals surface area contributed by atoms with Gasteiger partial charge in [-0.15, -0.1) is 5.10 Å². The van der Waals surface area contributed by atoms with Gasteiger partial charge in [0.2, 0.25) is 5.55 Å². The molecule has 1 amide bonds. The molecule has 4 rings (SSSR count). The van der Waals surface area contributed by atoms with Gasteiger partial charge in [-0.1, -0.05) is 29.8 Å². The Bertz CT molecular complexity index is 1540. The second-order valence-corrected chi connectivity index (χ2v) is 8.81. The largest absolute Gasteiger partial charge is 0.436 e. The first-order valence-corrected chi connectivity index (χ1v) is 11.2. The number of nitrogens with zero attached hydrogens (tertiary/aromatic N) is 1. The van der Waals surface area contributed by atoms with Gasteiger partial charge in [0, 0.05) is 11.1 Å². The van der Waals surface area contributed by atoms with Crippen molar-refractivity contribution in [2.75, 3.05) is 5.32 Å². The highest BCUT2D eigenvalue weighted by atomic mass is 35.5. The third kappa shape index (κ3) is 5.02. The number of halogens is 3. The van der Waals surface area contributed by atoms with E-state index in [1.807, 2.05) is 4.83 Å². The maximum atomic E-state index is 13.4. The number of nitrogens with one attached hydrogen (secondary N) is 2. The van der Waals surface area contributed by atoms with Gasteiger partial charge >= 0.3 is 0 Å². The van der Waals surface area contributed by atoms with Gasteiger partial charge in [0.25, 0.3) is 15.9 Å². The SMILES string of the molecule is O=C(Nc1ccc(F)cc1)c1cc2ccccc2o/c1=N/NS(=O)(=O)c1ccc(F)c(Cl)c1. The Labute approximate surface area is 191 Å². The molecule has 33 heavy (non-hydrogen) atoms. The molecule has 0 spiro atoms. The van der Waals surface area contributed by atoms with E-state index in [1.165, 1.54) is 30.3 Å². The summed E-state index contributed by atoms with van der Waals surface area (Å²) in [6.45, 7) is 0. The summed E-state index contributed by atoms with van der Waals surface area (Å²) in [5.74, 6) is -1.92.